The number of hydrogen-bond donors (Lipinski definition) is 1. The van der Waals surface area contributed by atoms with Crippen molar-refractivity contribution in [1.29, 1.82) is 0 Å². The van der Waals surface area contributed by atoms with Gasteiger partial charge in [-0.2, -0.15) is 0 Å². The van der Waals surface area contributed by atoms with Gasteiger partial charge >= 0.3 is 5.97 Å². The second kappa shape index (κ2) is 5.06. The zero-order chi connectivity index (χ0) is 14.0. The molecule has 1 unspecified atom stereocenters. The third kappa shape index (κ3) is 2.40. The summed E-state index contributed by atoms with van der Waals surface area (Å²) in [7, 11) is 1.48. The molecule has 0 saturated heterocycles. The van der Waals surface area contributed by atoms with Gasteiger partial charge in [0.1, 0.15) is 0 Å². The summed E-state index contributed by atoms with van der Waals surface area (Å²) >= 11 is 0. The SMILES string of the molecule is CC(=O)N(C)C(C(=O)O)c1cncc2ccccc12. The minimum Gasteiger partial charge on any atom is -0.479 e. The zero-order valence-electron chi connectivity index (χ0n) is 10.7. The molecule has 0 fully saturated rings. The zero-order valence-corrected chi connectivity index (χ0v) is 10.7. The highest BCUT2D eigenvalue weighted by molar-refractivity contribution is 5.91. The highest BCUT2D eigenvalue weighted by Crippen LogP contribution is 2.27. The molecule has 1 aromatic carbocycles. The Morgan fingerprint density at radius 3 is 2.58 bits per heavy atom. The minimum atomic E-state index is -1.07. The molecule has 19 heavy (non-hydrogen) atoms. The highest BCUT2D eigenvalue weighted by Gasteiger charge is 2.28. The van der Waals surface area contributed by atoms with E-state index in [1.54, 1.807) is 6.20 Å². The number of amides is 1. The molecule has 0 saturated carbocycles. The Morgan fingerprint density at radius 1 is 1.26 bits per heavy atom. The van der Waals surface area contributed by atoms with E-state index >= 15 is 0 Å². The quantitative estimate of drug-likeness (QED) is 0.911. The van der Waals surface area contributed by atoms with Gasteiger partial charge in [-0.3, -0.25) is 9.78 Å². The van der Waals surface area contributed by atoms with Crippen molar-refractivity contribution in [2.75, 3.05) is 7.05 Å². The predicted octanol–water partition coefficient (Wildman–Crippen LogP) is 1.84. The fourth-order valence-electron chi connectivity index (χ4n) is 2.05. The van der Waals surface area contributed by atoms with Crippen LogP contribution in [0.2, 0.25) is 0 Å². The maximum atomic E-state index is 11.5. The molecule has 5 nitrogen and oxygen atoms in total. The summed E-state index contributed by atoms with van der Waals surface area (Å²) in [6.07, 6.45) is 3.17. The number of aromatic nitrogens is 1. The molecule has 2 aromatic rings. The summed E-state index contributed by atoms with van der Waals surface area (Å²) in [5, 5.41) is 11.0. The van der Waals surface area contributed by atoms with Crippen molar-refractivity contribution in [2.45, 2.75) is 13.0 Å². The van der Waals surface area contributed by atoms with E-state index in [4.69, 9.17) is 0 Å². The molecule has 1 heterocycles. The van der Waals surface area contributed by atoms with Crippen LogP contribution >= 0.6 is 0 Å². The number of benzene rings is 1. The topological polar surface area (TPSA) is 70.5 Å². The lowest BCUT2D eigenvalue weighted by molar-refractivity contribution is -0.148. The van der Waals surface area contributed by atoms with Crippen molar-refractivity contribution in [3.8, 4) is 0 Å². The Morgan fingerprint density at radius 2 is 1.95 bits per heavy atom. The smallest absolute Gasteiger partial charge is 0.331 e. The van der Waals surface area contributed by atoms with Crippen molar-refractivity contribution in [3.63, 3.8) is 0 Å². The third-order valence-electron chi connectivity index (χ3n) is 3.11. The summed E-state index contributed by atoms with van der Waals surface area (Å²) in [6.45, 7) is 1.34. The number of aliphatic carboxylic acids is 1. The van der Waals surface area contributed by atoms with Gasteiger partial charge in [-0.15, -0.1) is 0 Å². The Bertz CT molecular complexity index is 634. The van der Waals surface area contributed by atoms with Crippen molar-refractivity contribution in [1.82, 2.24) is 9.88 Å². The van der Waals surface area contributed by atoms with E-state index in [-0.39, 0.29) is 5.91 Å². The van der Waals surface area contributed by atoms with E-state index in [2.05, 4.69) is 4.98 Å². The molecule has 1 amide bonds. The number of pyridine rings is 1. The second-order valence-electron chi connectivity index (χ2n) is 4.32. The van der Waals surface area contributed by atoms with Crippen LogP contribution in [0.25, 0.3) is 10.8 Å². The molecule has 98 valence electrons. The standard InChI is InChI=1S/C14H14N2O3/c1-9(17)16(2)13(14(18)19)12-8-15-7-10-5-3-4-6-11(10)12/h3-8,13H,1-2H3,(H,18,19). The summed E-state index contributed by atoms with van der Waals surface area (Å²) in [4.78, 5) is 28.2. The highest BCUT2D eigenvalue weighted by atomic mass is 16.4. The first-order valence-corrected chi connectivity index (χ1v) is 5.81. The van der Waals surface area contributed by atoms with Crippen LogP contribution in [0.5, 0.6) is 0 Å². The number of fused-ring (bicyclic) bond motifs is 1. The van der Waals surface area contributed by atoms with Crippen LogP contribution in [0.3, 0.4) is 0 Å². The first kappa shape index (κ1) is 13.0. The molecular weight excluding hydrogens is 244 g/mol. The molecule has 0 aliphatic carbocycles. The fraction of sp³-hybridized carbons (Fsp3) is 0.214. The number of hydrogen-bond acceptors (Lipinski definition) is 3. The van der Waals surface area contributed by atoms with Gasteiger partial charge in [0.05, 0.1) is 0 Å². The Balaban J connectivity index is 2.63. The molecule has 0 spiro atoms. The van der Waals surface area contributed by atoms with Crippen LogP contribution in [-0.2, 0) is 9.59 Å². The Kier molecular flexibility index (Phi) is 3.46. The lowest BCUT2D eigenvalue weighted by atomic mass is 10.0. The second-order valence-corrected chi connectivity index (χ2v) is 4.32. The molecule has 0 aliphatic rings. The van der Waals surface area contributed by atoms with Gasteiger partial charge in [0.15, 0.2) is 6.04 Å². The van der Waals surface area contributed by atoms with Crippen LogP contribution in [0.15, 0.2) is 36.7 Å². The number of nitrogens with zero attached hydrogens (tertiary/aromatic N) is 2. The van der Waals surface area contributed by atoms with Crippen molar-refractivity contribution < 1.29 is 14.7 Å². The Hall–Kier alpha value is -2.43. The van der Waals surface area contributed by atoms with Crippen LogP contribution < -0.4 is 0 Å². The van der Waals surface area contributed by atoms with Crippen LogP contribution in [-0.4, -0.2) is 33.9 Å². The molecule has 0 bridgehead atoms. The van der Waals surface area contributed by atoms with Gasteiger partial charge in [0.25, 0.3) is 0 Å². The molecule has 1 atom stereocenters. The van der Waals surface area contributed by atoms with Gasteiger partial charge in [0, 0.05) is 37.3 Å². The molecule has 1 N–H and O–H groups in total. The summed E-state index contributed by atoms with van der Waals surface area (Å²) < 4.78 is 0. The Labute approximate surface area is 110 Å². The lowest BCUT2D eigenvalue weighted by Gasteiger charge is -2.24. The predicted molar refractivity (Wildman–Crippen MR) is 70.6 cm³/mol. The maximum absolute atomic E-state index is 11.5. The van der Waals surface area contributed by atoms with E-state index in [1.165, 1.54) is 25.1 Å². The average Bonchev–Trinajstić information content (AvgIpc) is 2.38. The van der Waals surface area contributed by atoms with E-state index in [1.807, 2.05) is 24.3 Å². The van der Waals surface area contributed by atoms with E-state index in [0.29, 0.717) is 5.56 Å². The van der Waals surface area contributed by atoms with Crippen molar-refractivity contribution in [3.05, 3.63) is 42.2 Å². The lowest BCUT2D eigenvalue weighted by Crippen LogP contribution is -2.34. The number of carboxylic acids is 1. The van der Waals surface area contributed by atoms with Crippen LogP contribution in [0.4, 0.5) is 0 Å². The largest absolute Gasteiger partial charge is 0.479 e. The minimum absolute atomic E-state index is 0.305. The van der Waals surface area contributed by atoms with Crippen molar-refractivity contribution in [2.24, 2.45) is 0 Å². The first-order chi connectivity index (χ1) is 9.02. The van der Waals surface area contributed by atoms with E-state index in [0.717, 1.165) is 10.8 Å². The maximum Gasteiger partial charge on any atom is 0.331 e. The molecule has 0 radical (unpaired) electrons. The number of likely N-dealkylation sites (N-methyl/N-ethyl adjacent to an activating group) is 1. The molecule has 1 aromatic heterocycles. The van der Waals surface area contributed by atoms with Crippen LogP contribution in [0.1, 0.15) is 18.5 Å². The summed E-state index contributed by atoms with van der Waals surface area (Å²) in [6, 6.07) is 6.35. The van der Waals surface area contributed by atoms with Gasteiger partial charge in [-0.25, -0.2) is 4.79 Å². The average molecular weight is 258 g/mol. The van der Waals surface area contributed by atoms with Gasteiger partial charge < -0.3 is 10.0 Å². The normalized spacial score (nSPS) is 12.1. The number of carboxylic acid groups (broad SMARTS) is 1. The van der Waals surface area contributed by atoms with Gasteiger partial charge in [-0.05, 0) is 5.39 Å². The monoisotopic (exact) mass is 258 g/mol. The first-order valence-electron chi connectivity index (χ1n) is 5.81. The van der Waals surface area contributed by atoms with Crippen LogP contribution in [0, 0.1) is 0 Å². The summed E-state index contributed by atoms with van der Waals surface area (Å²) in [5.74, 6) is -1.38. The van der Waals surface area contributed by atoms with E-state index < -0.39 is 12.0 Å². The molecule has 0 aliphatic heterocycles. The fourth-order valence-corrected chi connectivity index (χ4v) is 2.05. The van der Waals surface area contributed by atoms with Gasteiger partial charge in [-0.1, -0.05) is 24.3 Å². The summed E-state index contributed by atoms with van der Waals surface area (Å²) in [5.41, 5.74) is 0.517. The van der Waals surface area contributed by atoms with Gasteiger partial charge in [0.2, 0.25) is 5.91 Å². The number of carbonyl (C=O) groups is 2. The number of rotatable bonds is 3. The molecular formula is C14H14N2O3. The van der Waals surface area contributed by atoms with E-state index in [9.17, 15) is 14.7 Å². The molecule has 2 rings (SSSR count). The molecule has 5 heteroatoms. The van der Waals surface area contributed by atoms with Crippen molar-refractivity contribution >= 4 is 22.6 Å². The third-order valence-corrected chi connectivity index (χ3v) is 3.11. The number of carbonyl (C=O) groups excluding carboxylic acids is 1.